The molecular formula is C18H28BNO5S. The van der Waals surface area contributed by atoms with Crippen molar-refractivity contribution in [2.75, 3.05) is 0 Å². The van der Waals surface area contributed by atoms with E-state index in [0.717, 1.165) is 0 Å². The van der Waals surface area contributed by atoms with Crippen molar-refractivity contribution >= 4 is 28.5 Å². The number of amides is 1. The van der Waals surface area contributed by atoms with E-state index >= 15 is 0 Å². The van der Waals surface area contributed by atoms with E-state index in [-0.39, 0.29) is 11.3 Å². The molecule has 0 unspecified atom stereocenters. The van der Waals surface area contributed by atoms with Gasteiger partial charge in [-0.2, -0.15) is 0 Å². The number of hydrogen-bond acceptors (Lipinski definition) is 5. The molecule has 0 radical (unpaired) electrons. The molecule has 6 nitrogen and oxygen atoms in total. The molecule has 0 atom stereocenters. The second-order valence-corrected chi connectivity index (χ2v) is 9.80. The minimum absolute atomic E-state index is 0.0163. The molecule has 26 heavy (non-hydrogen) atoms. The average molecular weight is 381 g/mol. The first-order valence-corrected chi connectivity index (χ1v) is 10.3. The predicted molar refractivity (Wildman–Crippen MR) is 102 cm³/mol. The second kappa shape index (κ2) is 7.33. The summed E-state index contributed by atoms with van der Waals surface area (Å²) in [6.07, 6.45) is 0.809. The predicted octanol–water partition coefficient (Wildman–Crippen LogP) is 2.23. The van der Waals surface area contributed by atoms with Gasteiger partial charge in [-0.15, -0.1) is 0 Å². The Bertz CT molecular complexity index is 758. The number of carbonyl (C=O) groups excluding carboxylic acids is 1. The molecule has 1 aliphatic rings. The molecule has 0 aliphatic carbocycles. The summed E-state index contributed by atoms with van der Waals surface area (Å²) in [6.45, 7) is 11.7. The highest BCUT2D eigenvalue weighted by Gasteiger charge is 2.51. The van der Waals surface area contributed by atoms with Gasteiger partial charge in [0.2, 0.25) is 5.91 Å². The van der Waals surface area contributed by atoms with Gasteiger partial charge in [-0.25, -0.2) is 13.1 Å². The Morgan fingerprint density at radius 1 is 1.15 bits per heavy atom. The largest absolute Gasteiger partial charge is 0.494 e. The average Bonchev–Trinajstić information content (AvgIpc) is 2.73. The monoisotopic (exact) mass is 381 g/mol. The molecule has 1 N–H and O–H groups in total. The quantitative estimate of drug-likeness (QED) is 0.765. The van der Waals surface area contributed by atoms with E-state index in [1.165, 1.54) is 12.1 Å². The van der Waals surface area contributed by atoms with Crippen LogP contribution in [-0.2, 0) is 24.1 Å². The third kappa shape index (κ3) is 4.66. The van der Waals surface area contributed by atoms with Crippen LogP contribution in [-0.4, -0.2) is 32.6 Å². The van der Waals surface area contributed by atoms with Crippen molar-refractivity contribution in [1.29, 1.82) is 0 Å². The fraction of sp³-hybridized carbons (Fsp3) is 0.611. The molecular weight excluding hydrogens is 353 g/mol. The van der Waals surface area contributed by atoms with Crippen molar-refractivity contribution in [3.05, 3.63) is 24.3 Å². The second-order valence-electron chi connectivity index (χ2n) is 8.12. The third-order valence-electron chi connectivity index (χ3n) is 4.89. The number of benzene rings is 1. The summed E-state index contributed by atoms with van der Waals surface area (Å²) in [6, 6.07) is 6.31. The summed E-state index contributed by atoms with van der Waals surface area (Å²) >= 11 is 0. The molecule has 1 aliphatic heterocycles. The molecule has 0 bridgehead atoms. The van der Waals surface area contributed by atoms with E-state index in [4.69, 9.17) is 9.31 Å². The van der Waals surface area contributed by atoms with Crippen LogP contribution in [0.15, 0.2) is 29.2 Å². The van der Waals surface area contributed by atoms with Crippen LogP contribution >= 0.6 is 0 Å². The Labute approximate surface area is 156 Å². The third-order valence-corrected chi connectivity index (χ3v) is 6.26. The van der Waals surface area contributed by atoms with Gasteiger partial charge in [0.25, 0.3) is 10.0 Å². The van der Waals surface area contributed by atoms with E-state index in [1.807, 2.05) is 41.5 Å². The molecule has 1 heterocycles. The van der Waals surface area contributed by atoms with Crippen molar-refractivity contribution in [2.24, 2.45) is 5.92 Å². The Balaban J connectivity index is 2.17. The van der Waals surface area contributed by atoms with E-state index in [2.05, 4.69) is 4.72 Å². The van der Waals surface area contributed by atoms with Gasteiger partial charge in [-0.3, -0.25) is 4.79 Å². The highest BCUT2D eigenvalue weighted by atomic mass is 32.2. The van der Waals surface area contributed by atoms with Crippen LogP contribution < -0.4 is 10.2 Å². The lowest BCUT2D eigenvalue weighted by molar-refractivity contribution is -0.119. The van der Waals surface area contributed by atoms with Crippen LogP contribution in [0.2, 0.25) is 0 Å². The van der Waals surface area contributed by atoms with E-state index < -0.39 is 34.3 Å². The molecule has 144 valence electrons. The molecule has 1 fully saturated rings. The topological polar surface area (TPSA) is 81.7 Å². The van der Waals surface area contributed by atoms with Gasteiger partial charge in [0, 0.05) is 6.42 Å². The number of sulfonamides is 1. The zero-order chi connectivity index (χ0) is 19.8. The van der Waals surface area contributed by atoms with Gasteiger partial charge in [-0.1, -0.05) is 26.0 Å². The van der Waals surface area contributed by atoms with Crippen molar-refractivity contribution < 1.29 is 22.5 Å². The Morgan fingerprint density at radius 2 is 1.73 bits per heavy atom. The first-order valence-electron chi connectivity index (χ1n) is 8.85. The molecule has 0 aromatic heterocycles. The lowest BCUT2D eigenvalue weighted by atomic mass is 9.79. The van der Waals surface area contributed by atoms with Gasteiger partial charge < -0.3 is 9.31 Å². The first kappa shape index (κ1) is 20.9. The summed E-state index contributed by atoms with van der Waals surface area (Å²) in [5.74, 6) is -0.171. The Morgan fingerprint density at radius 3 is 2.27 bits per heavy atom. The van der Waals surface area contributed by atoms with Crippen LogP contribution in [0, 0.1) is 5.92 Å². The zero-order valence-electron chi connectivity index (χ0n) is 16.3. The van der Waals surface area contributed by atoms with E-state index in [9.17, 15) is 13.2 Å². The van der Waals surface area contributed by atoms with Gasteiger partial charge in [0.15, 0.2) is 0 Å². The summed E-state index contributed by atoms with van der Waals surface area (Å²) < 4.78 is 39.0. The van der Waals surface area contributed by atoms with Crippen molar-refractivity contribution in [1.82, 2.24) is 4.72 Å². The summed E-state index contributed by atoms with van der Waals surface area (Å²) in [4.78, 5) is 11.9. The van der Waals surface area contributed by atoms with Gasteiger partial charge in [0.05, 0.1) is 16.1 Å². The minimum atomic E-state index is -3.93. The number of carbonyl (C=O) groups is 1. The van der Waals surface area contributed by atoms with E-state index in [0.29, 0.717) is 17.8 Å². The van der Waals surface area contributed by atoms with Crippen LogP contribution in [0.3, 0.4) is 0 Å². The van der Waals surface area contributed by atoms with Crippen LogP contribution in [0.1, 0.15) is 54.4 Å². The highest BCUT2D eigenvalue weighted by molar-refractivity contribution is 7.90. The highest BCUT2D eigenvalue weighted by Crippen LogP contribution is 2.36. The fourth-order valence-corrected chi connectivity index (χ4v) is 3.56. The van der Waals surface area contributed by atoms with Gasteiger partial charge in [0.1, 0.15) is 0 Å². The van der Waals surface area contributed by atoms with Crippen LogP contribution in [0.5, 0.6) is 0 Å². The number of rotatable bonds is 6. The smallest absolute Gasteiger partial charge is 0.399 e. The van der Waals surface area contributed by atoms with Crippen molar-refractivity contribution in [3.63, 3.8) is 0 Å². The molecule has 1 aromatic rings. The van der Waals surface area contributed by atoms with E-state index in [1.54, 1.807) is 12.1 Å². The normalized spacial score (nSPS) is 19.0. The number of nitrogens with one attached hydrogen (secondary N) is 1. The standard InChI is InChI=1S/C18H28BNO5S/c1-13(2)10-11-16(21)20-26(22,23)15-9-7-8-14(12-15)19-24-17(3,4)18(5,6)25-19/h7-9,12-13H,10-11H2,1-6H3,(H,20,21). The lowest BCUT2D eigenvalue weighted by Gasteiger charge is -2.32. The minimum Gasteiger partial charge on any atom is -0.399 e. The lowest BCUT2D eigenvalue weighted by Crippen LogP contribution is -2.41. The summed E-state index contributed by atoms with van der Waals surface area (Å²) in [5.41, 5.74) is -0.434. The molecule has 0 saturated carbocycles. The van der Waals surface area contributed by atoms with Crippen molar-refractivity contribution in [3.8, 4) is 0 Å². The van der Waals surface area contributed by atoms with Crippen LogP contribution in [0.25, 0.3) is 0 Å². The molecule has 1 aromatic carbocycles. The molecule has 1 amide bonds. The summed E-state index contributed by atoms with van der Waals surface area (Å²) in [7, 11) is -4.59. The van der Waals surface area contributed by atoms with Crippen molar-refractivity contribution in [2.45, 2.75) is 70.5 Å². The first-order chi connectivity index (χ1) is 11.8. The number of hydrogen-bond donors (Lipinski definition) is 1. The summed E-state index contributed by atoms with van der Waals surface area (Å²) in [5, 5.41) is 0. The maximum Gasteiger partial charge on any atom is 0.494 e. The maximum atomic E-state index is 12.5. The van der Waals surface area contributed by atoms with Gasteiger partial charge >= 0.3 is 7.12 Å². The maximum absolute atomic E-state index is 12.5. The Hall–Kier alpha value is -1.38. The molecule has 1 saturated heterocycles. The fourth-order valence-electron chi connectivity index (χ4n) is 2.49. The molecule has 0 spiro atoms. The zero-order valence-corrected chi connectivity index (χ0v) is 17.1. The van der Waals surface area contributed by atoms with Gasteiger partial charge in [-0.05, 0) is 57.6 Å². The molecule has 8 heteroatoms. The SMILES string of the molecule is CC(C)CCC(=O)NS(=O)(=O)c1cccc(B2OC(C)(C)C(C)(C)O2)c1. The van der Waals surface area contributed by atoms with Crippen LogP contribution in [0.4, 0.5) is 0 Å². The molecule has 2 rings (SSSR count). The Kier molecular flexibility index (Phi) is 5.90.